The Kier molecular flexibility index (Phi) is 4.84. The first-order chi connectivity index (χ1) is 10.2. The first kappa shape index (κ1) is 14.9. The van der Waals surface area contributed by atoms with Gasteiger partial charge in [0.2, 0.25) is 0 Å². The summed E-state index contributed by atoms with van der Waals surface area (Å²) in [6.07, 6.45) is 2.64. The molecule has 0 aromatic heterocycles. The number of rotatable bonds is 6. The van der Waals surface area contributed by atoms with E-state index < -0.39 is 0 Å². The van der Waals surface area contributed by atoms with E-state index in [1.165, 1.54) is 18.4 Å². The Labute approximate surface area is 138 Å². The third-order valence-corrected chi connectivity index (χ3v) is 4.27. The molecule has 1 aliphatic carbocycles. The molecule has 0 unspecified atom stereocenters. The molecule has 0 atom stereocenters. The minimum Gasteiger partial charge on any atom is -0.487 e. The third-order valence-electron chi connectivity index (χ3n) is 3.48. The summed E-state index contributed by atoms with van der Waals surface area (Å²) in [5, 5.41) is 4.13. The molecule has 21 heavy (non-hydrogen) atoms. The highest BCUT2D eigenvalue weighted by molar-refractivity contribution is 9.10. The van der Waals surface area contributed by atoms with Crippen LogP contribution in [0.3, 0.4) is 0 Å². The van der Waals surface area contributed by atoms with Crippen molar-refractivity contribution in [1.82, 2.24) is 5.32 Å². The fraction of sp³-hybridized carbons (Fsp3) is 0.294. The second kappa shape index (κ2) is 6.82. The molecule has 0 heterocycles. The molecule has 0 bridgehead atoms. The van der Waals surface area contributed by atoms with E-state index in [2.05, 4.69) is 45.5 Å². The number of benzene rings is 2. The molecule has 0 radical (unpaired) electrons. The quantitative estimate of drug-likeness (QED) is 0.782. The summed E-state index contributed by atoms with van der Waals surface area (Å²) in [7, 11) is 0. The van der Waals surface area contributed by atoms with Crippen molar-refractivity contribution in [2.24, 2.45) is 0 Å². The van der Waals surface area contributed by atoms with Gasteiger partial charge < -0.3 is 10.1 Å². The van der Waals surface area contributed by atoms with Gasteiger partial charge in [-0.25, -0.2) is 0 Å². The van der Waals surface area contributed by atoms with Crippen LogP contribution in [0.4, 0.5) is 0 Å². The summed E-state index contributed by atoms with van der Waals surface area (Å²) in [4.78, 5) is 0. The molecule has 1 aliphatic rings. The highest BCUT2D eigenvalue weighted by atomic mass is 79.9. The van der Waals surface area contributed by atoms with Crippen LogP contribution in [0.1, 0.15) is 24.0 Å². The molecule has 2 aromatic rings. The van der Waals surface area contributed by atoms with Crippen molar-refractivity contribution in [3.05, 3.63) is 63.1 Å². The molecular formula is C17H17BrClNO. The monoisotopic (exact) mass is 365 g/mol. The van der Waals surface area contributed by atoms with Crippen LogP contribution >= 0.6 is 27.5 Å². The molecule has 0 aliphatic heterocycles. The lowest BCUT2D eigenvalue weighted by Crippen LogP contribution is -2.15. The van der Waals surface area contributed by atoms with Gasteiger partial charge in [0.25, 0.3) is 0 Å². The maximum absolute atomic E-state index is 6.13. The lowest BCUT2D eigenvalue weighted by atomic mass is 10.1. The Morgan fingerprint density at radius 1 is 1.10 bits per heavy atom. The van der Waals surface area contributed by atoms with Crippen molar-refractivity contribution in [3.63, 3.8) is 0 Å². The zero-order valence-corrected chi connectivity index (χ0v) is 14.0. The number of halogens is 2. The molecule has 0 spiro atoms. The van der Waals surface area contributed by atoms with E-state index in [1.54, 1.807) is 0 Å². The van der Waals surface area contributed by atoms with E-state index in [4.69, 9.17) is 16.3 Å². The average Bonchev–Trinajstić information content (AvgIpc) is 3.30. The van der Waals surface area contributed by atoms with Gasteiger partial charge in [0.05, 0.1) is 5.02 Å². The molecule has 4 heteroatoms. The molecule has 1 fully saturated rings. The van der Waals surface area contributed by atoms with Gasteiger partial charge in [0, 0.05) is 17.1 Å². The highest BCUT2D eigenvalue weighted by Crippen LogP contribution is 2.28. The third kappa shape index (κ3) is 4.47. The van der Waals surface area contributed by atoms with Crippen molar-refractivity contribution in [2.45, 2.75) is 32.0 Å². The molecule has 1 N–H and O–H groups in total. The van der Waals surface area contributed by atoms with E-state index in [0.717, 1.165) is 22.6 Å². The Balaban J connectivity index is 1.54. The normalized spacial score (nSPS) is 14.2. The molecule has 1 saturated carbocycles. The van der Waals surface area contributed by atoms with E-state index in [0.29, 0.717) is 17.4 Å². The second-order valence-electron chi connectivity index (χ2n) is 5.34. The lowest BCUT2D eigenvalue weighted by Gasteiger charge is -2.09. The zero-order valence-electron chi connectivity index (χ0n) is 11.6. The summed E-state index contributed by atoms with van der Waals surface area (Å²) >= 11 is 9.52. The van der Waals surface area contributed by atoms with Gasteiger partial charge in [0.1, 0.15) is 12.4 Å². The van der Waals surface area contributed by atoms with Crippen molar-refractivity contribution >= 4 is 27.5 Å². The molecule has 2 nitrogen and oxygen atoms in total. The van der Waals surface area contributed by atoms with Crippen LogP contribution in [0, 0.1) is 0 Å². The molecule has 2 aromatic carbocycles. The van der Waals surface area contributed by atoms with Gasteiger partial charge in [-0.3, -0.25) is 0 Å². The van der Waals surface area contributed by atoms with Crippen molar-refractivity contribution < 1.29 is 4.74 Å². The topological polar surface area (TPSA) is 21.3 Å². The van der Waals surface area contributed by atoms with Crippen molar-refractivity contribution in [1.29, 1.82) is 0 Å². The first-order valence-electron chi connectivity index (χ1n) is 7.10. The van der Waals surface area contributed by atoms with E-state index in [-0.39, 0.29) is 0 Å². The lowest BCUT2D eigenvalue weighted by molar-refractivity contribution is 0.306. The Bertz CT molecular complexity index is 611. The Morgan fingerprint density at radius 2 is 1.81 bits per heavy atom. The second-order valence-corrected chi connectivity index (χ2v) is 6.66. The van der Waals surface area contributed by atoms with Crippen molar-refractivity contribution in [3.8, 4) is 5.75 Å². The maximum atomic E-state index is 6.13. The average molecular weight is 367 g/mol. The van der Waals surface area contributed by atoms with Gasteiger partial charge in [-0.2, -0.15) is 0 Å². The number of hydrogen-bond acceptors (Lipinski definition) is 2. The van der Waals surface area contributed by atoms with Crippen molar-refractivity contribution in [2.75, 3.05) is 0 Å². The largest absolute Gasteiger partial charge is 0.487 e. The number of hydrogen-bond donors (Lipinski definition) is 1. The number of nitrogens with one attached hydrogen (secondary N) is 1. The van der Waals surface area contributed by atoms with Gasteiger partial charge in [-0.15, -0.1) is 0 Å². The van der Waals surface area contributed by atoms with Gasteiger partial charge >= 0.3 is 0 Å². The van der Waals surface area contributed by atoms with E-state index >= 15 is 0 Å². The Morgan fingerprint density at radius 3 is 2.48 bits per heavy atom. The molecule has 3 rings (SSSR count). The number of ether oxygens (including phenoxy) is 1. The highest BCUT2D eigenvalue weighted by Gasteiger charge is 2.19. The zero-order chi connectivity index (χ0) is 14.7. The van der Waals surface area contributed by atoms with E-state index in [1.807, 2.05) is 18.2 Å². The Hall–Kier alpha value is -1.03. The predicted octanol–water partition coefficient (Wildman–Crippen LogP) is 4.93. The summed E-state index contributed by atoms with van der Waals surface area (Å²) < 4.78 is 6.71. The van der Waals surface area contributed by atoms with Crippen LogP contribution in [0.5, 0.6) is 5.75 Å². The molecule has 110 valence electrons. The predicted molar refractivity (Wildman–Crippen MR) is 89.8 cm³/mol. The standard InChI is InChI=1S/C17H17BrClNO/c18-14-5-8-17(16(19)9-14)21-11-13-3-1-12(2-4-13)10-20-15-6-7-15/h1-5,8-9,15,20H,6-7,10-11H2. The van der Waals surface area contributed by atoms with Gasteiger partial charge in [-0.05, 0) is 42.2 Å². The summed E-state index contributed by atoms with van der Waals surface area (Å²) in [5.41, 5.74) is 2.46. The molecule has 0 saturated heterocycles. The van der Waals surface area contributed by atoms with Crippen LogP contribution in [0.15, 0.2) is 46.9 Å². The van der Waals surface area contributed by atoms with Crippen LogP contribution < -0.4 is 10.1 Å². The van der Waals surface area contributed by atoms with Gasteiger partial charge in [-0.1, -0.05) is 51.8 Å². The minimum absolute atomic E-state index is 0.525. The van der Waals surface area contributed by atoms with Crippen LogP contribution in [-0.4, -0.2) is 6.04 Å². The SMILES string of the molecule is Clc1cc(Br)ccc1OCc1ccc(CNC2CC2)cc1. The van der Waals surface area contributed by atoms with Crippen LogP contribution in [-0.2, 0) is 13.2 Å². The fourth-order valence-electron chi connectivity index (χ4n) is 2.06. The summed E-state index contributed by atoms with van der Waals surface area (Å²) in [6, 6.07) is 14.9. The van der Waals surface area contributed by atoms with Crippen LogP contribution in [0.2, 0.25) is 5.02 Å². The summed E-state index contributed by atoms with van der Waals surface area (Å²) in [5.74, 6) is 0.708. The maximum Gasteiger partial charge on any atom is 0.138 e. The van der Waals surface area contributed by atoms with Gasteiger partial charge in [0.15, 0.2) is 0 Å². The smallest absolute Gasteiger partial charge is 0.138 e. The minimum atomic E-state index is 0.525. The molecule has 0 amide bonds. The first-order valence-corrected chi connectivity index (χ1v) is 8.27. The fourth-order valence-corrected chi connectivity index (χ4v) is 2.78. The molecular weight excluding hydrogens is 350 g/mol. The summed E-state index contributed by atoms with van der Waals surface area (Å²) in [6.45, 7) is 1.47. The van der Waals surface area contributed by atoms with Crippen LogP contribution in [0.25, 0.3) is 0 Å². The van der Waals surface area contributed by atoms with E-state index in [9.17, 15) is 0 Å².